The van der Waals surface area contributed by atoms with Gasteiger partial charge in [-0.3, -0.25) is 4.79 Å². The summed E-state index contributed by atoms with van der Waals surface area (Å²) in [5.74, 6) is -1.03. The molecule has 1 aliphatic heterocycles. The van der Waals surface area contributed by atoms with Crippen molar-refractivity contribution in [1.29, 1.82) is 0 Å². The van der Waals surface area contributed by atoms with Crippen molar-refractivity contribution >= 4 is 11.6 Å². The molecule has 0 aromatic heterocycles. The minimum absolute atomic E-state index is 0.0325. The highest BCUT2D eigenvalue weighted by Gasteiger charge is 2.63. The maximum absolute atomic E-state index is 13.5. The fraction of sp³-hybridized carbons (Fsp3) is 0.263. The van der Waals surface area contributed by atoms with E-state index < -0.39 is 36.7 Å². The Morgan fingerprint density at radius 2 is 1.72 bits per heavy atom. The average molecular weight is 412 g/mol. The van der Waals surface area contributed by atoms with Crippen LogP contribution in [-0.4, -0.2) is 47.4 Å². The number of halogens is 4. The van der Waals surface area contributed by atoms with E-state index in [1.165, 1.54) is 31.4 Å². The van der Waals surface area contributed by atoms with Gasteiger partial charge in [-0.2, -0.15) is 23.3 Å². The van der Waals surface area contributed by atoms with E-state index in [0.717, 1.165) is 12.1 Å². The minimum atomic E-state index is -5.17. The first kappa shape index (κ1) is 20.6. The molecule has 2 aromatic carbocycles. The molecule has 1 N–H and O–H groups in total. The standard InChI is InChI=1S/C19H16F4N2O4/c1-28-14-6-8-15(9-7-14)29-11-17(26)25-18(27,19(21,22)23)10-16(24-25)12-2-4-13(20)5-3-12/h2-9,27H,10-11H2,1H3/t18-/m0/s1. The molecule has 6 nitrogen and oxygen atoms in total. The maximum atomic E-state index is 13.5. The number of alkyl halides is 3. The van der Waals surface area contributed by atoms with Gasteiger partial charge >= 0.3 is 6.18 Å². The molecule has 154 valence electrons. The summed E-state index contributed by atoms with van der Waals surface area (Å²) in [6.45, 7) is -0.787. The molecule has 1 heterocycles. The third-order valence-electron chi connectivity index (χ3n) is 4.27. The quantitative estimate of drug-likeness (QED) is 0.767. The molecule has 29 heavy (non-hydrogen) atoms. The molecule has 3 rings (SSSR count). The third kappa shape index (κ3) is 4.16. The van der Waals surface area contributed by atoms with Crippen molar-refractivity contribution in [2.45, 2.75) is 18.3 Å². The molecule has 10 heteroatoms. The third-order valence-corrected chi connectivity index (χ3v) is 4.27. The second-order valence-corrected chi connectivity index (χ2v) is 6.21. The molecular weight excluding hydrogens is 396 g/mol. The monoisotopic (exact) mass is 412 g/mol. The van der Waals surface area contributed by atoms with Crippen LogP contribution in [0.3, 0.4) is 0 Å². The van der Waals surface area contributed by atoms with Crippen molar-refractivity contribution in [3.63, 3.8) is 0 Å². The molecule has 0 bridgehead atoms. The number of benzene rings is 2. The molecule has 0 aliphatic carbocycles. The number of aliphatic hydroxyl groups is 1. The Balaban J connectivity index is 1.81. The van der Waals surface area contributed by atoms with Crippen LogP contribution in [0.15, 0.2) is 53.6 Å². The molecule has 1 aliphatic rings. The molecule has 2 aromatic rings. The Labute approximate surface area is 163 Å². The van der Waals surface area contributed by atoms with Crippen LogP contribution in [0.25, 0.3) is 0 Å². The number of hydrogen-bond donors (Lipinski definition) is 1. The van der Waals surface area contributed by atoms with Crippen LogP contribution in [-0.2, 0) is 4.79 Å². The van der Waals surface area contributed by atoms with Gasteiger partial charge in [0.15, 0.2) is 6.61 Å². The van der Waals surface area contributed by atoms with Crippen molar-refractivity contribution < 1.29 is 36.9 Å². The highest BCUT2D eigenvalue weighted by molar-refractivity contribution is 6.03. The number of carbonyl (C=O) groups is 1. The van der Waals surface area contributed by atoms with E-state index in [1.807, 2.05) is 0 Å². The van der Waals surface area contributed by atoms with E-state index in [9.17, 15) is 27.5 Å². The largest absolute Gasteiger partial charge is 0.497 e. The first-order valence-corrected chi connectivity index (χ1v) is 8.36. The SMILES string of the molecule is COc1ccc(OCC(=O)N2N=C(c3ccc(F)cc3)C[C@]2(O)C(F)(F)F)cc1. The maximum Gasteiger partial charge on any atom is 0.438 e. The summed E-state index contributed by atoms with van der Waals surface area (Å²) >= 11 is 0. The lowest BCUT2D eigenvalue weighted by molar-refractivity contribution is -0.302. The van der Waals surface area contributed by atoms with Crippen LogP contribution >= 0.6 is 0 Å². The summed E-state index contributed by atoms with van der Waals surface area (Å²) in [5.41, 5.74) is -3.58. The van der Waals surface area contributed by atoms with Crippen LogP contribution < -0.4 is 9.47 Å². The fourth-order valence-electron chi connectivity index (χ4n) is 2.71. The van der Waals surface area contributed by atoms with Crippen LogP contribution in [0.5, 0.6) is 11.5 Å². The summed E-state index contributed by atoms with van der Waals surface area (Å²) in [6.07, 6.45) is -6.16. The summed E-state index contributed by atoms with van der Waals surface area (Å²) in [6, 6.07) is 10.6. The van der Waals surface area contributed by atoms with Gasteiger partial charge in [0.1, 0.15) is 17.3 Å². The van der Waals surface area contributed by atoms with Gasteiger partial charge in [-0.15, -0.1) is 0 Å². The Morgan fingerprint density at radius 3 is 2.28 bits per heavy atom. The Kier molecular flexibility index (Phi) is 5.47. The smallest absolute Gasteiger partial charge is 0.438 e. The average Bonchev–Trinajstić information content (AvgIpc) is 3.06. The number of carbonyl (C=O) groups excluding carboxylic acids is 1. The van der Waals surface area contributed by atoms with Crippen molar-refractivity contribution in [3.05, 3.63) is 59.9 Å². The topological polar surface area (TPSA) is 71.4 Å². The molecule has 0 radical (unpaired) electrons. The highest BCUT2D eigenvalue weighted by atomic mass is 19.4. The summed E-state index contributed by atoms with van der Waals surface area (Å²) < 4.78 is 63.8. The number of rotatable bonds is 5. The lowest BCUT2D eigenvalue weighted by Crippen LogP contribution is -2.57. The van der Waals surface area contributed by atoms with E-state index >= 15 is 0 Å². The van der Waals surface area contributed by atoms with Crippen LogP contribution in [0.4, 0.5) is 17.6 Å². The normalized spacial score (nSPS) is 19.1. The minimum Gasteiger partial charge on any atom is -0.497 e. The number of hydrazone groups is 1. The molecular formula is C19H16F4N2O4. The van der Waals surface area contributed by atoms with E-state index in [2.05, 4.69) is 5.10 Å². The highest BCUT2D eigenvalue weighted by Crippen LogP contribution is 2.41. The second-order valence-electron chi connectivity index (χ2n) is 6.21. The van der Waals surface area contributed by atoms with E-state index in [-0.39, 0.29) is 22.0 Å². The van der Waals surface area contributed by atoms with Gasteiger partial charge in [-0.1, -0.05) is 12.1 Å². The van der Waals surface area contributed by atoms with E-state index in [4.69, 9.17) is 9.47 Å². The van der Waals surface area contributed by atoms with Gasteiger partial charge in [0.25, 0.3) is 11.6 Å². The van der Waals surface area contributed by atoms with Crippen LogP contribution in [0.2, 0.25) is 0 Å². The number of methoxy groups -OCH3 is 1. The molecule has 1 amide bonds. The first-order chi connectivity index (χ1) is 13.6. The van der Waals surface area contributed by atoms with Crippen molar-refractivity contribution in [1.82, 2.24) is 5.01 Å². The first-order valence-electron chi connectivity index (χ1n) is 8.36. The lowest BCUT2D eigenvalue weighted by atomic mass is 10.0. The van der Waals surface area contributed by atoms with Gasteiger partial charge in [0.05, 0.1) is 19.2 Å². The number of ether oxygens (including phenoxy) is 2. The summed E-state index contributed by atoms with van der Waals surface area (Å²) in [7, 11) is 1.46. The zero-order valence-corrected chi connectivity index (χ0v) is 15.1. The molecule has 0 fully saturated rings. The zero-order chi connectivity index (χ0) is 21.2. The Morgan fingerprint density at radius 1 is 1.14 bits per heavy atom. The van der Waals surface area contributed by atoms with E-state index in [0.29, 0.717) is 5.75 Å². The van der Waals surface area contributed by atoms with Gasteiger partial charge in [0, 0.05) is 0 Å². The molecule has 0 saturated heterocycles. The van der Waals surface area contributed by atoms with Crippen molar-refractivity contribution in [2.75, 3.05) is 13.7 Å². The second kappa shape index (κ2) is 7.70. The van der Waals surface area contributed by atoms with Gasteiger partial charge < -0.3 is 14.6 Å². The molecule has 1 atom stereocenters. The van der Waals surface area contributed by atoms with Crippen LogP contribution in [0.1, 0.15) is 12.0 Å². The summed E-state index contributed by atoms with van der Waals surface area (Å²) in [5, 5.41) is 13.9. The van der Waals surface area contributed by atoms with Crippen molar-refractivity contribution in [2.24, 2.45) is 5.10 Å². The number of nitrogens with zero attached hydrogens (tertiary/aromatic N) is 2. The van der Waals surface area contributed by atoms with Gasteiger partial charge in [0.2, 0.25) is 0 Å². The predicted octanol–water partition coefficient (Wildman–Crippen LogP) is 3.10. The lowest BCUT2D eigenvalue weighted by Gasteiger charge is -2.32. The molecule has 0 spiro atoms. The van der Waals surface area contributed by atoms with Gasteiger partial charge in [-0.25, -0.2) is 4.39 Å². The van der Waals surface area contributed by atoms with Gasteiger partial charge in [-0.05, 0) is 42.0 Å². The fourth-order valence-corrected chi connectivity index (χ4v) is 2.71. The predicted molar refractivity (Wildman–Crippen MR) is 93.9 cm³/mol. The van der Waals surface area contributed by atoms with Crippen LogP contribution in [0, 0.1) is 5.82 Å². The van der Waals surface area contributed by atoms with Crippen molar-refractivity contribution in [3.8, 4) is 11.5 Å². The molecule has 0 unspecified atom stereocenters. The number of amides is 1. The van der Waals surface area contributed by atoms with E-state index in [1.54, 1.807) is 12.1 Å². The number of hydrogen-bond acceptors (Lipinski definition) is 5. The zero-order valence-electron chi connectivity index (χ0n) is 15.1. The Bertz CT molecular complexity index is 913. The summed E-state index contributed by atoms with van der Waals surface area (Å²) in [4.78, 5) is 12.4. The molecule has 0 saturated carbocycles. The Hall–Kier alpha value is -3.14.